The Morgan fingerprint density at radius 3 is 2.47 bits per heavy atom. The summed E-state index contributed by atoms with van der Waals surface area (Å²) < 4.78 is 29.3. The molecule has 2 heterocycles. The third-order valence-corrected chi connectivity index (χ3v) is 10.6. The number of aliphatic hydroxyl groups is 1. The second-order valence-electron chi connectivity index (χ2n) is 11.6. The summed E-state index contributed by atoms with van der Waals surface area (Å²) >= 11 is 3.50. The summed E-state index contributed by atoms with van der Waals surface area (Å²) in [5.74, 6) is -2.16. The van der Waals surface area contributed by atoms with Crippen molar-refractivity contribution < 1.29 is 48.6 Å². The molecule has 6 atom stereocenters. The van der Waals surface area contributed by atoms with Gasteiger partial charge in [0.2, 0.25) is 5.78 Å². The zero-order valence-electron chi connectivity index (χ0n) is 24.1. The number of carbonyl (C=O) groups is 2. The molecule has 2 aliphatic heterocycles. The van der Waals surface area contributed by atoms with E-state index in [2.05, 4.69) is 27.6 Å². The molecule has 1 spiro atoms. The van der Waals surface area contributed by atoms with Gasteiger partial charge in [0.05, 0.1) is 49.2 Å². The molecule has 6 rings (SSSR count). The largest absolute Gasteiger partial charge is 0.507 e. The van der Waals surface area contributed by atoms with Gasteiger partial charge in [-0.2, -0.15) is 0 Å². The SMILES string of the molecule is C=NC1CC(O[C@H]2CC(O)(C(CC)(CBr)OC)Cc3c(O)c4c(c(O)c32)C(=O)c2c(OC)cccc2C4=O)OC[C@@]12CO2. The third kappa shape index (κ3) is 4.29. The molecule has 2 aromatic carbocycles. The van der Waals surface area contributed by atoms with E-state index in [-0.39, 0.29) is 70.0 Å². The average molecular weight is 661 g/mol. The Labute approximate surface area is 256 Å². The highest BCUT2D eigenvalue weighted by atomic mass is 79.9. The number of rotatable bonds is 8. The lowest BCUT2D eigenvalue weighted by Crippen LogP contribution is -2.60. The number of aliphatic imine (C=N–C) groups is 1. The van der Waals surface area contributed by atoms with Crippen LogP contribution in [0.1, 0.15) is 75.3 Å². The Morgan fingerprint density at radius 2 is 1.86 bits per heavy atom. The molecule has 2 aliphatic carbocycles. The number of nitrogens with zero attached hydrogens (tertiary/aromatic N) is 1. The molecule has 2 aromatic rings. The van der Waals surface area contributed by atoms with Crippen molar-refractivity contribution in [2.75, 3.05) is 32.8 Å². The van der Waals surface area contributed by atoms with E-state index in [9.17, 15) is 24.9 Å². The van der Waals surface area contributed by atoms with Crippen molar-refractivity contribution in [3.8, 4) is 17.2 Å². The maximum atomic E-state index is 13.9. The Morgan fingerprint density at radius 1 is 1.14 bits per heavy atom. The van der Waals surface area contributed by atoms with Crippen LogP contribution in [0.2, 0.25) is 0 Å². The number of ether oxygens (including phenoxy) is 5. The van der Waals surface area contributed by atoms with Crippen molar-refractivity contribution >= 4 is 34.2 Å². The van der Waals surface area contributed by atoms with Gasteiger partial charge in [-0.15, -0.1) is 0 Å². The summed E-state index contributed by atoms with van der Waals surface area (Å²) in [5, 5.41) is 36.1. The third-order valence-electron chi connectivity index (χ3n) is 9.69. The van der Waals surface area contributed by atoms with Crippen LogP contribution in [0, 0.1) is 0 Å². The van der Waals surface area contributed by atoms with Crippen LogP contribution in [0.5, 0.6) is 17.2 Å². The normalized spacial score (nSPS) is 30.7. The van der Waals surface area contributed by atoms with Gasteiger partial charge in [-0.1, -0.05) is 35.0 Å². The van der Waals surface area contributed by atoms with E-state index >= 15 is 0 Å². The van der Waals surface area contributed by atoms with Crippen LogP contribution in [0.4, 0.5) is 0 Å². The molecule has 12 heteroatoms. The van der Waals surface area contributed by atoms with Crippen LogP contribution in [0.25, 0.3) is 0 Å². The minimum Gasteiger partial charge on any atom is -0.507 e. The number of aromatic hydroxyl groups is 2. The van der Waals surface area contributed by atoms with Crippen molar-refractivity contribution in [3.63, 3.8) is 0 Å². The first-order valence-corrected chi connectivity index (χ1v) is 15.2. The number of benzene rings is 2. The minimum atomic E-state index is -1.63. The molecule has 2 saturated heterocycles. The highest BCUT2D eigenvalue weighted by molar-refractivity contribution is 9.09. The number of alkyl halides is 1. The van der Waals surface area contributed by atoms with E-state index < -0.39 is 52.3 Å². The molecular weight excluding hydrogens is 626 g/mol. The summed E-state index contributed by atoms with van der Waals surface area (Å²) in [6.45, 7) is 6.27. The maximum absolute atomic E-state index is 13.9. The number of carbonyl (C=O) groups excluding carboxylic acids is 2. The van der Waals surface area contributed by atoms with Crippen molar-refractivity contribution in [3.05, 3.63) is 51.6 Å². The zero-order valence-corrected chi connectivity index (χ0v) is 25.7. The molecular formula is C31H34BrNO10. The molecule has 0 saturated carbocycles. The van der Waals surface area contributed by atoms with Gasteiger partial charge in [0, 0.05) is 48.4 Å². The first-order chi connectivity index (χ1) is 20.5. The van der Waals surface area contributed by atoms with Gasteiger partial charge >= 0.3 is 0 Å². The average Bonchev–Trinajstić information content (AvgIpc) is 3.79. The van der Waals surface area contributed by atoms with Crippen molar-refractivity contribution in [2.24, 2.45) is 4.99 Å². The highest BCUT2D eigenvalue weighted by Gasteiger charge is 2.58. The Bertz CT molecular complexity index is 1510. The van der Waals surface area contributed by atoms with Gasteiger partial charge in [0.1, 0.15) is 34.1 Å². The Kier molecular flexibility index (Phi) is 7.46. The number of epoxide rings is 1. The van der Waals surface area contributed by atoms with Gasteiger partial charge in [0.15, 0.2) is 12.1 Å². The van der Waals surface area contributed by atoms with Crippen LogP contribution in [-0.4, -0.2) is 95.5 Å². The fourth-order valence-electron chi connectivity index (χ4n) is 7.00. The first kappa shape index (κ1) is 30.2. The summed E-state index contributed by atoms with van der Waals surface area (Å²) in [7, 11) is 2.87. The van der Waals surface area contributed by atoms with Crippen molar-refractivity contribution in [2.45, 2.75) is 67.8 Å². The fourth-order valence-corrected chi connectivity index (χ4v) is 8.15. The number of phenolic OH excluding ortho intramolecular Hbond substituents is 2. The topological polar surface area (TPSA) is 157 Å². The lowest BCUT2D eigenvalue weighted by atomic mass is 9.67. The molecule has 3 N–H and O–H groups in total. The molecule has 11 nitrogen and oxygen atoms in total. The highest BCUT2D eigenvalue weighted by Crippen LogP contribution is 2.55. The van der Waals surface area contributed by atoms with Gasteiger partial charge in [-0.25, -0.2) is 0 Å². The zero-order chi connectivity index (χ0) is 30.9. The molecule has 0 aromatic heterocycles. The monoisotopic (exact) mass is 659 g/mol. The lowest BCUT2D eigenvalue weighted by Gasteiger charge is -2.50. The first-order valence-electron chi connectivity index (χ1n) is 14.1. The second kappa shape index (κ2) is 10.6. The van der Waals surface area contributed by atoms with E-state index in [0.717, 1.165) is 0 Å². The van der Waals surface area contributed by atoms with E-state index in [1.807, 2.05) is 6.92 Å². The van der Waals surface area contributed by atoms with Gasteiger partial charge in [-0.05, 0) is 19.2 Å². The fraction of sp³-hybridized carbons (Fsp3) is 0.516. The molecule has 0 radical (unpaired) electrons. The van der Waals surface area contributed by atoms with E-state index in [1.54, 1.807) is 12.1 Å². The molecule has 0 amide bonds. The van der Waals surface area contributed by atoms with Gasteiger partial charge in [0.25, 0.3) is 0 Å². The van der Waals surface area contributed by atoms with Crippen LogP contribution in [-0.2, 0) is 25.4 Å². The van der Waals surface area contributed by atoms with E-state index in [4.69, 9.17) is 23.7 Å². The molecule has 230 valence electrons. The van der Waals surface area contributed by atoms with Crippen LogP contribution in [0.15, 0.2) is 23.2 Å². The smallest absolute Gasteiger partial charge is 0.202 e. The predicted octanol–water partition coefficient (Wildman–Crippen LogP) is 3.39. The summed E-state index contributed by atoms with van der Waals surface area (Å²) in [6.07, 6.45) is -1.48. The number of ketones is 2. The van der Waals surface area contributed by atoms with Crippen LogP contribution >= 0.6 is 15.9 Å². The van der Waals surface area contributed by atoms with Crippen molar-refractivity contribution in [1.82, 2.24) is 0 Å². The maximum Gasteiger partial charge on any atom is 0.202 e. The van der Waals surface area contributed by atoms with Crippen LogP contribution in [0.3, 0.4) is 0 Å². The number of phenols is 2. The summed E-state index contributed by atoms with van der Waals surface area (Å²) in [4.78, 5) is 31.9. The summed E-state index contributed by atoms with van der Waals surface area (Å²) in [6, 6.07) is 4.30. The predicted molar refractivity (Wildman–Crippen MR) is 157 cm³/mol. The standard InChI is InChI=1S/C31H34BrNO10/c1-5-31(12-32,40-4)30(38)10-16-22(18(11-30)43-20-9-19(33-2)29(13-41-20)14-42-29)28(37)24-23(26(16)35)25(34)15-7-6-8-17(39-3)21(15)27(24)36/h6-8,18-20,35,37-38H,2,5,9-14H2,1,3-4H3/t18-,19?,20?,29+,30?,31?/m0/s1. The molecule has 2 fully saturated rings. The summed E-state index contributed by atoms with van der Waals surface area (Å²) in [5.41, 5.74) is -3.74. The minimum absolute atomic E-state index is 0.00384. The Hall–Kier alpha value is -2.87. The van der Waals surface area contributed by atoms with Gasteiger partial charge < -0.3 is 39.0 Å². The number of methoxy groups -OCH3 is 2. The van der Waals surface area contributed by atoms with Gasteiger partial charge in [-0.3, -0.25) is 14.6 Å². The van der Waals surface area contributed by atoms with Crippen molar-refractivity contribution in [1.29, 1.82) is 0 Å². The lowest BCUT2D eigenvalue weighted by molar-refractivity contribution is -0.234. The molecule has 0 bridgehead atoms. The van der Waals surface area contributed by atoms with E-state index in [1.165, 1.54) is 20.3 Å². The number of halogens is 1. The number of hydrogen-bond donors (Lipinski definition) is 3. The van der Waals surface area contributed by atoms with Crippen LogP contribution < -0.4 is 4.74 Å². The molecule has 43 heavy (non-hydrogen) atoms. The van der Waals surface area contributed by atoms with E-state index in [0.29, 0.717) is 19.4 Å². The molecule has 4 unspecified atom stereocenters. The molecule has 4 aliphatic rings. The Balaban J connectivity index is 1.51. The number of fused-ring (bicyclic) bond motifs is 3. The second-order valence-corrected chi connectivity index (χ2v) is 12.2. The quantitative estimate of drug-likeness (QED) is 0.142. The number of hydrogen-bond acceptors (Lipinski definition) is 11.